The molecule has 0 saturated heterocycles. The van der Waals surface area contributed by atoms with E-state index in [2.05, 4.69) is 0 Å². The van der Waals surface area contributed by atoms with E-state index in [1.54, 1.807) is 6.92 Å². The fourth-order valence-corrected chi connectivity index (χ4v) is 2.25. The number of hydrogen-bond acceptors (Lipinski definition) is 1. The van der Waals surface area contributed by atoms with Crippen LogP contribution in [-0.4, -0.2) is 5.75 Å². The van der Waals surface area contributed by atoms with Crippen molar-refractivity contribution in [3.05, 3.63) is 28.8 Å². The lowest BCUT2D eigenvalue weighted by atomic mass is 10.2. The topological polar surface area (TPSA) is 0 Å². The summed E-state index contributed by atoms with van der Waals surface area (Å²) >= 11 is 6.65. The molecular weight excluding hydrogens is 233 g/mol. The molecule has 0 bridgehead atoms. The normalized spacial score (nSPS) is 11.8. The predicted octanol–water partition coefficient (Wildman–Crippen LogP) is 4.47. The molecule has 0 saturated carbocycles. The average Bonchev–Trinajstić information content (AvgIpc) is 2.02. The van der Waals surface area contributed by atoms with E-state index in [1.165, 1.54) is 18.2 Å². The first-order valence-electron chi connectivity index (χ1n) is 3.95. The van der Waals surface area contributed by atoms with Gasteiger partial charge in [0.1, 0.15) is 0 Å². The zero-order valence-corrected chi connectivity index (χ0v) is 8.93. The molecule has 5 heteroatoms. The number of halogens is 4. The van der Waals surface area contributed by atoms with Crippen LogP contribution in [0.4, 0.5) is 13.2 Å². The molecule has 0 aromatic heterocycles. The van der Waals surface area contributed by atoms with Gasteiger partial charge in [-0.2, -0.15) is 13.2 Å². The zero-order chi connectivity index (χ0) is 10.8. The van der Waals surface area contributed by atoms with Crippen LogP contribution in [0.1, 0.15) is 12.5 Å². The Balaban J connectivity index is 3.22. The number of alkyl halides is 3. The summed E-state index contributed by atoms with van der Waals surface area (Å²) in [5.74, 6) is 0.587. The van der Waals surface area contributed by atoms with Crippen LogP contribution in [0.3, 0.4) is 0 Å². The van der Waals surface area contributed by atoms with Gasteiger partial charge in [0.25, 0.3) is 0 Å². The maximum Gasteiger partial charge on any atom is 0.418 e. The Morgan fingerprint density at radius 3 is 2.50 bits per heavy atom. The van der Waals surface area contributed by atoms with Gasteiger partial charge >= 0.3 is 6.18 Å². The van der Waals surface area contributed by atoms with Crippen molar-refractivity contribution in [3.63, 3.8) is 0 Å². The molecule has 14 heavy (non-hydrogen) atoms. The maximum atomic E-state index is 12.5. The van der Waals surface area contributed by atoms with E-state index in [-0.39, 0.29) is 9.92 Å². The molecule has 0 aliphatic heterocycles. The molecule has 1 aromatic carbocycles. The molecule has 0 N–H and O–H groups in total. The Kier molecular flexibility index (Phi) is 3.72. The maximum absolute atomic E-state index is 12.5. The number of benzene rings is 1. The van der Waals surface area contributed by atoms with Crippen molar-refractivity contribution >= 4 is 23.4 Å². The second-order valence-corrected chi connectivity index (χ2v) is 4.26. The third kappa shape index (κ3) is 2.58. The van der Waals surface area contributed by atoms with E-state index >= 15 is 0 Å². The molecule has 0 amide bonds. The molecule has 0 radical (unpaired) electrons. The van der Waals surface area contributed by atoms with E-state index in [1.807, 2.05) is 0 Å². The molecule has 0 atom stereocenters. The zero-order valence-electron chi connectivity index (χ0n) is 7.36. The van der Waals surface area contributed by atoms with Crippen LogP contribution < -0.4 is 0 Å². The van der Waals surface area contributed by atoms with Gasteiger partial charge in [-0.1, -0.05) is 24.6 Å². The van der Waals surface area contributed by atoms with E-state index in [0.717, 1.165) is 11.8 Å². The van der Waals surface area contributed by atoms with Crippen molar-refractivity contribution in [2.45, 2.75) is 18.0 Å². The summed E-state index contributed by atoms with van der Waals surface area (Å²) in [6, 6.07) is 4.21. The van der Waals surface area contributed by atoms with Crippen LogP contribution in [0.25, 0.3) is 0 Å². The molecule has 0 unspecified atom stereocenters. The van der Waals surface area contributed by atoms with Crippen molar-refractivity contribution in [2.24, 2.45) is 0 Å². The molecule has 0 heterocycles. The summed E-state index contributed by atoms with van der Waals surface area (Å²) in [7, 11) is 0. The van der Waals surface area contributed by atoms with Crippen molar-refractivity contribution < 1.29 is 13.2 Å². The fraction of sp³-hybridized carbons (Fsp3) is 0.333. The fourth-order valence-electron chi connectivity index (χ4n) is 1.06. The summed E-state index contributed by atoms with van der Waals surface area (Å²) in [6.45, 7) is 1.80. The number of hydrogen-bond donors (Lipinski definition) is 0. The smallest absolute Gasteiger partial charge is 0.166 e. The van der Waals surface area contributed by atoms with Crippen LogP contribution >= 0.6 is 23.4 Å². The lowest BCUT2D eigenvalue weighted by Gasteiger charge is -2.13. The summed E-state index contributed by atoms with van der Waals surface area (Å²) < 4.78 is 37.6. The van der Waals surface area contributed by atoms with Gasteiger partial charge in [0.15, 0.2) is 0 Å². The van der Waals surface area contributed by atoms with Gasteiger partial charge in [0.05, 0.1) is 10.6 Å². The van der Waals surface area contributed by atoms with Gasteiger partial charge in [0.2, 0.25) is 0 Å². The average molecular weight is 241 g/mol. The van der Waals surface area contributed by atoms with Crippen molar-refractivity contribution in [2.75, 3.05) is 5.75 Å². The van der Waals surface area contributed by atoms with Gasteiger partial charge in [-0.25, -0.2) is 0 Å². The third-order valence-corrected chi connectivity index (χ3v) is 2.81. The molecule has 1 rings (SSSR count). The minimum Gasteiger partial charge on any atom is -0.166 e. The molecule has 78 valence electrons. The highest BCUT2D eigenvalue weighted by molar-refractivity contribution is 7.99. The first-order valence-corrected chi connectivity index (χ1v) is 5.31. The van der Waals surface area contributed by atoms with E-state index in [9.17, 15) is 13.2 Å². The Bertz CT molecular complexity index is 322. The summed E-state index contributed by atoms with van der Waals surface area (Å²) in [6.07, 6.45) is -4.38. The lowest BCUT2D eigenvalue weighted by Crippen LogP contribution is -2.07. The second-order valence-electron chi connectivity index (χ2n) is 2.54. The van der Waals surface area contributed by atoms with E-state index in [4.69, 9.17) is 11.6 Å². The molecule has 0 spiro atoms. The first kappa shape index (κ1) is 11.7. The minimum absolute atomic E-state index is 0.188. The molecule has 0 aliphatic carbocycles. The molecule has 0 fully saturated rings. The molecular formula is C9H8ClF3S. The van der Waals surface area contributed by atoms with Crippen LogP contribution in [0.15, 0.2) is 23.1 Å². The van der Waals surface area contributed by atoms with Gasteiger partial charge < -0.3 is 0 Å². The number of rotatable bonds is 2. The molecule has 1 aromatic rings. The SMILES string of the molecule is CCSc1cccc(Cl)c1C(F)(F)F. The Hall–Kier alpha value is -0.350. The van der Waals surface area contributed by atoms with Gasteiger partial charge in [-0.3, -0.25) is 0 Å². The first-order chi connectivity index (χ1) is 6.46. The van der Waals surface area contributed by atoms with E-state index < -0.39 is 11.7 Å². The largest absolute Gasteiger partial charge is 0.418 e. The van der Waals surface area contributed by atoms with Gasteiger partial charge in [-0.15, -0.1) is 11.8 Å². The quantitative estimate of drug-likeness (QED) is 0.688. The molecule has 0 nitrogen and oxygen atoms in total. The Morgan fingerprint density at radius 2 is 2.00 bits per heavy atom. The highest BCUT2D eigenvalue weighted by Crippen LogP contribution is 2.40. The van der Waals surface area contributed by atoms with Gasteiger partial charge in [-0.05, 0) is 17.9 Å². The lowest BCUT2D eigenvalue weighted by molar-refractivity contribution is -0.139. The van der Waals surface area contributed by atoms with Gasteiger partial charge in [0, 0.05) is 4.90 Å². The molecule has 0 aliphatic rings. The Morgan fingerprint density at radius 1 is 1.36 bits per heavy atom. The highest BCUT2D eigenvalue weighted by atomic mass is 35.5. The van der Waals surface area contributed by atoms with Crippen molar-refractivity contribution in [1.29, 1.82) is 0 Å². The van der Waals surface area contributed by atoms with Crippen molar-refractivity contribution in [3.8, 4) is 0 Å². The summed E-state index contributed by atoms with van der Waals surface area (Å²) in [5, 5.41) is -0.240. The highest BCUT2D eigenvalue weighted by Gasteiger charge is 2.35. The second kappa shape index (κ2) is 4.45. The monoisotopic (exact) mass is 240 g/mol. The standard InChI is InChI=1S/C9H8ClF3S/c1-2-14-7-5-3-4-6(10)8(7)9(11,12)13/h3-5H,2H2,1H3. The van der Waals surface area contributed by atoms with Crippen LogP contribution in [-0.2, 0) is 6.18 Å². The van der Waals surface area contributed by atoms with Crippen LogP contribution in [0.2, 0.25) is 5.02 Å². The Labute approximate surface area is 89.4 Å². The van der Waals surface area contributed by atoms with E-state index in [0.29, 0.717) is 5.75 Å². The minimum atomic E-state index is -4.38. The predicted molar refractivity (Wildman–Crippen MR) is 52.9 cm³/mol. The number of thioether (sulfide) groups is 1. The summed E-state index contributed by atoms with van der Waals surface area (Å²) in [4.78, 5) is 0.188. The van der Waals surface area contributed by atoms with Crippen LogP contribution in [0, 0.1) is 0 Å². The summed E-state index contributed by atoms with van der Waals surface area (Å²) in [5.41, 5.74) is -0.728. The third-order valence-electron chi connectivity index (χ3n) is 1.56. The van der Waals surface area contributed by atoms with Crippen molar-refractivity contribution in [1.82, 2.24) is 0 Å². The van der Waals surface area contributed by atoms with Crippen LogP contribution in [0.5, 0.6) is 0 Å².